The minimum absolute atomic E-state index is 0.0121. The van der Waals surface area contributed by atoms with Crippen molar-refractivity contribution < 1.29 is 0 Å². The lowest BCUT2D eigenvalue weighted by Crippen LogP contribution is -2.30. The van der Waals surface area contributed by atoms with Crippen molar-refractivity contribution >= 4 is 22.6 Å². The van der Waals surface area contributed by atoms with Gasteiger partial charge in [0.05, 0.1) is 11.7 Å². The number of nitrogens with zero attached hydrogens (tertiary/aromatic N) is 2. The third kappa shape index (κ3) is 3.45. The molecule has 0 radical (unpaired) electrons. The SMILES string of the molecule is NNC(Cc1ccc(I)cc1)c1ccncn1. The molecule has 0 aliphatic carbocycles. The van der Waals surface area contributed by atoms with Crippen LogP contribution in [-0.4, -0.2) is 9.97 Å². The smallest absolute Gasteiger partial charge is 0.115 e. The maximum absolute atomic E-state index is 5.57. The van der Waals surface area contributed by atoms with Crippen LogP contribution in [0, 0.1) is 3.57 Å². The van der Waals surface area contributed by atoms with E-state index in [9.17, 15) is 0 Å². The molecule has 0 fully saturated rings. The summed E-state index contributed by atoms with van der Waals surface area (Å²) in [6.45, 7) is 0. The molecule has 1 aromatic heterocycles. The van der Waals surface area contributed by atoms with Gasteiger partial charge in [-0.25, -0.2) is 9.97 Å². The van der Waals surface area contributed by atoms with Gasteiger partial charge in [-0.2, -0.15) is 0 Å². The summed E-state index contributed by atoms with van der Waals surface area (Å²) in [5.41, 5.74) is 4.92. The third-order valence-electron chi connectivity index (χ3n) is 2.52. The molecule has 2 rings (SSSR count). The van der Waals surface area contributed by atoms with Crippen molar-refractivity contribution in [2.45, 2.75) is 12.5 Å². The number of halogens is 1. The fourth-order valence-corrected chi connectivity index (χ4v) is 1.97. The molecule has 5 heteroatoms. The molecule has 0 saturated heterocycles. The Kier molecular flexibility index (Phi) is 4.41. The fraction of sp³-hybridized carbons (Fsp3) is 0.167. The summed E-state index contributed by atoms with van der Waals surface area (Å²) in [6.07, 6.45) is 4.07. The van der Waals surface area contributed by atoms with Gasteiger partial charge in [0.1, 0.15) is 6.33 Å². The van der Waals surface area contributed by atoms with Crippen LogP contribution in [0.5, 0.6) is 0 Å². The summed E-state index contributed by atoms with van der Waals surface area (Å²) in [4.78, 5) is 8.11. The lowest BCUT2D eigenvalue weighted by Gasteiger charge is -2.15. The van der Waals surface area contributed by atoms with Gasteiger partial charge < -0.3 is 0 Å². The molecular weight excluding hydrogens is 327 g/mol. The minimum Gasteiger partial charge on any atom is -0.271 e. The Morgan fingerprint density at radius 1 is 1.24 bits per heavy atom. The molecule has 0 amide bonds. The van der Waals surface area contributed by atoms with Gasteiger partial charge in [0, 0.05) is 9.77 Å². The van der Waals surface area contributed by atoms with Crippen LogP contribution in [0.2, 0.25) is 0 Å². The van der Waals surface area contributed by atoms with E-state index >= 15 is 0 Å². The molecule has 4 nitrogen and oxygen atoms in total. The first-order chi connectivity index (χ1) is 8.29. The molecule has 0 saturated carbocycles. The van der Waals surface area contributed by atoms with E-state index in [2.05, 4.69) is 62.3 Å². The van der Waals surface area contributed by atoms with Crippen LogP contribution in [0.1, 0.15) is 17.3 Å². The van der Waals surface area contributed by atoms with E-state index < -0.39 is 0 Å². The molecule has 2 aromatic rings. The molecule has 0 aliphatic heterocycles. The van der Waals surface area contributed by atoms with Crippen molar-refractivity contribution in [3.63, 3.8) is 0 Å². The standard InChI is InChI=1S/C12H13IN4/c13-10-3-1-9(2-4-10)7-12(17-14)11-5-6-15-8-16-11/h1-6,8,12,17H,7,14H2. The monoisotopic (exact) mass is 340 g/mol. The molecule has 1 aromatic carbocycles. The van der Waals surface area contributed by atoms with Gasteiger partial charge in [-0.1, -0.05) is 12.1 Å². The highest BCUT2D eigenvalue weighted by Gasteiger charge is 2.11. The van der Waals surface area contributed by atoms with E-state index in [0.717, 1.165) is 12.1 Å². The first kappa shape index (κ1) is 12.4. The predicted octanol–water partition coefficient (Wildman–Crippen LogP) is 1.83. The van der Waals surface area contributed by atoms with Crippen LogP contribution < -0.4 is 11.3 Å². The molecule has 1 atom stereocenters. The van der Waals surface area contributed by atoms with Crippen LogP contribution in [-0.2, 0) is 6.42 Å². The topological polar surface area (TPSA) is 63.8 Å². The summed E-state index contributed by atoms with van der Waals surface area (Å²) in [7, 11) is 0. The molecule has 1 heterocycles. The molecule has 3 N–H and O–H groups in total. The first-order valence-corrected chi connectivity index (χ1v) is 6.34. The number of hydrogen-bond donors (Lipinski definition) is 2. The second-order valence-corrected chi connectivity index (χ2v) is 4.93. The van der Waals surface area contributed by atoms with Crippen molar-refractivity contribution in [3.05, 3.63) is 57.7 Å². The number of nitrogens with one attached hydrogen (secondary N) is 1. The number of hydrogen-bond acceptors (Lipinski definition) is 4. The Labute approximate surface area is 114 Å². The van der Waals surface area contributed by atoms with Crippen molar-refractivity contribution in [1.82, 2.24) is 15.4 Å². The number of aromatic nitrogens is 2. The number of nitrogens with two attached hydrogens (primary N) is 1. The highest BCUT2D eigenvalue weighted by molar-refractivity contribution is 14.1. The van der Waals surface area contributed by atoms with Gasteiger partial charge in [0.15, 0.2) is 0 Å². The van der Waals surface area contributed by atoms with Gasteiger partial charge in [0.25, 0.3) is 0 Å². The molecule has 0 bridgehead atoms. The molecule has 88 valence electrons. The van der Waals surface area contributed by atoms with Gasteiger partial charge in [-0.05, 0) is 52.8 Å². The second kappa shape index (κ2) is 6.04. The summed E-state index contributed by atoms with van der Waals surface area (Å²) in [5, 5.41) is 0. The summed E-state index contributed by atoms with van der Waals surface area (Å²) < 4.78 is 1.23. The van der Waals surface area contributed by atoms with Crippen LogP contribution in [0.3, 0.4) is 0 Å². The van der Waals surface area contributed by atoms with Crippen LogP contribution in [0.4, 0.5) is 0 Å². The summed E-state index contributed by atoms with van der Waals surface area (Å²) in [5.74, 6) is 5.57. The zero-order valence-corrected chi connectivity index (χ0v) is 11.3. The molecule has 1 unspecified atom stereocenters. The zero-order chi connectivity index (χ0) is 12.1. The van der Waals surface area contributed by atoms with Crippen LogP contribution >= 0.6 is 22.6 Å². The van der Waals surface area contributed by atoms with Crippen molar-refractivity contribution in [2.75, 3.05) is 0 Å². The Morgan fingerprint density at radius 3 is 2.59 bits per heavy atom. The molecule has 0 aliphatic rings. The predicted molar refractivity (Wildman–Crippen MR) is 75.0 cm³/mol. The van der Waals surface area contributed by atoms with E-state index in [4.69, 9.17) is 5.84 Å². The molecule has 17 heavy (non-hydrogen) atoms. The quantitative estimate of drug-likeness (QED) is 0.506. The lowest BCUT2D eigenvalue weighted by molar-refractivity contribution is 0.537. The number of hydrazine groups is 1. The van der Waals surface area contributed by atoms with E-state index in [1.54, 1.807) is 6.20 Å². The Balaban J connectivity index is 2.13. The summed E-state index contributed by atoms with van der Waals surface area (Å²) in [6, 6.07) is 10.3. The van der Waals surface area contributed by atoms with Crippen molar-refractivity contribution in [3.8, 4) is 0 Å². The van der Waals surface area contributed by atoms with Crippen molar-refractivity contribution in [2.24, 2.45) is 5.84 Å². The minimum atomic E-state index is 0.0121. The average Bonchev–Trinajstić information content (AvgIpc) is 2.39. The summed E-state index contributed by atoms with van der Waals surface area (Å²) >= 11 is 2.29. The van der Waals surface area contributed by atoms with Crippen LogP contribution in [0.15, 0.2) is 42.9 Å². The zero-order valence-electron chi connectivity index (χ0n) is 9.18. The maximum atomic E-state index is 5.57. The van der Waals surface area contributed by atoms with Gasteiger partial charge in [-0.15, -0.1) is 0 Å². The van der Waals surface area contributed by atoms with Gasteiger partial charge in [-0.3, -0.25) is 11.3 Å². The Hall–Kier alpha value is -1.05. The highest BCUT2D eigenvalue weighted by Crippen LogP contribution is 2.16. The number of benzene rings is 1. The molecule has 0 spiro atoms. The largest absolute Gasteiger partial charge is 0.271 e. The maximum Gasteiger partial charge on any atom is 0.115 e. The second-order valence-electron chi connectivity index (χ2n) is 3.68. The number of rotatable bonds is 4. The van der Waals surface area contributed by atoms with E-state index in [1.165, 1.54) is 15.5 Å². The Bertz CT molecular complexity index is 458. The Morgan fingerprint density at radius 2 is 2.00 bits per heavy atom. The highest BCUT2D eigenvalue weighted by atomic mass is 127. The van der Waals surface area contributed by atoms with Crippen molar-refractivity contribution in [1.29, 1.82) is 0 Å². The van der Waals surface area contributed by atoms with Gasteiger partial charge in [0.2, 0.25) is 0 Å². The first-order valence-electron chi connectivity index (χ1n) is 5.26. The van der Waals surface area contributed by atoms with E-state index in [1.807, 2.05) is 6.07 Å². The van der Waals surface area contributed by atoms with E-state index in [-0.39, 0.29) is 6.04 Å². The fourth-order valence-electron chi connectivity index (χ4n) is 1.61. The molecular formula is C12H13IN4. The average molecular weight is 340 g/mol. The van der Waals surface area contributed by atoms with E-state index in [0.29, 0.717) is 0 Å². The normalized spacial score (nSPS) is 12.4. The lowest BCUT2D eigenvalue weighted by atomic mass is 10.0. The van der Waals surface area contributed by atoms with Crippen LogP contribution in [0.25, 0.3) is 0 Å². The third-order valence-corrected chi connectivity index (χ3v) is 3.24. The van der Waals surface area contributed by atoms with Gasteiger partial charge >= 0.3 is 0 Å².